The number of nitrogens with one attached hydrogen (secondary N) is 1. The van der Waals surface area contributed by atoms with Gasteiger partial charge in [0.05, 0.1) is 0 Å². The van der Waals surface area contributed by atoms with Crippen molar-refractivity contribution in [2.45, 2.75) is 25.4 Å². The minimum Gasteiger partial charge on any atom is -0.484 e. The minimum atomic E-state index is -0.781. The summed E-state index contributed by atoms with van der Waals surface area (Å²) in [4.78, 5) is 28.3. The number of nitrogens with zero attached hydrogens (tertiary/aromatic N) is 1. The van der Waals surface area contributed by atoms with Gasteiger partial charge in [0.2, 0.25) is 5.91 Å². The first kappa shape index (κ1) is 25.9. The predicted octanol–water partition coefficient (Wildman–Crippen LogP) is 4.00. The van der Waals surface area contributed by atoms with Gasteiger partial charge in [-0.05, 0) is 41.8 Å². The van der Waals surface area contributed by atoms with Gasteiger partial charge in [0.15, 0.2) is 6.61 Å². The number of methoxy groups -OCH3 is 1. The minimum absolute atomic E-state index is 0.139. The highest BCUT2D eigenvalue weighted by atomic mass is 19.1. The van der Waals surface area contributed by atoms with Crippen LogP contribution < -0.4 is 10.1 Å². The van der Waals surface area contributed by atoms with E-state index in [9.17, 15) is 14.0 Å². The van der Waals surface area contributed by atoms with Crippen molar-refractivity contribution in [1.82, 2.24) is 10.2 Å². The molecule has 0 unspecified atom stereocenters. The zero-order valence-corrected chi connectivity index (χ0v) is 19.9. The average molecular weight is 479 g/mol. The van der Waals surface area contributed by atoms with Crippen LogP contribution in [0.1, 0.15) is 17.5 Å². The van der Waals surface area contributed by atoms with Gasteiger partial charge in [-0.15, -0.1) is 0 Å². The molecule has 0 fully saturated rings. The number of ether oxygens (including phenoxy) is 2. The maximum atomic E-state index is 13.5. The van der Waals surface area contributed by atoms with Crippen LogP contribution in [0, 0.1) is 5.82 Å². The highest BCUT2D eigenvalue weighted by Gasteiger charge is 2.30. The van der Waals surface area contributed by atoms with Crippen molar-refractivity contribution in [3.63, 3.8) is 0 Å². The van der Waals surface area contributed by atoms with Gasteiger partial charge < -0.3 is 19.7 Å². The predicted molar refractivity (Wildman–Crippen MR) is 132 cm³/mol. The molecule has 6 nitrogen and oxygen atoms in total. The van der Waals surface area contributed by atoms with Crippen molar-refractivity contribution in [1.29, 1.82) is 0 Å². The smallest absolute Gasteiger partial charge is 0.261 e. The Hall–Kier alpha value is -3.71. The van der Waals surface area contributed by atoms with E-state index in [2.05, 4.69) is 5.32 Å². The van der Waals surface area contributed by atoms with Crippen LogP contribution in [0.2, 0.25) is 0 Å². The van der Waals surface area contributed by atoms with Crippen molar-refractivity contribution < 1.29 is 23.5 Å². The van der Waals surface area contributed by atoms with Crippen LogP contribution in [0.3, 0.4) is 0 Å². The molecule has 35 heavy (non-hydrogen) atoms. The molecule has 3 rings (SSSR count). The Morgan fingerprint density at radius 3 is 2.23 bits per heavy atom. The van der Waals surface area contributed by atoms with Crippen molar-refractivity contribution >= 4 is 11.8 Å². The van der Waals surface area contributed by atoms with Gasteiger partial charge >= 0.3 is 0 Å². The molecule has 3 aromatic carbocycles. The summed E-state index contributed by atoms with van der Waals surface area (Å²) in [5.41, 5.74) is 1.63. The van der Waals surface area contributed by atoms with Crippen LogP contribution in [0.25, 0.3) is 0 Å². The lowest BCUT2D eigenvalue weighted by molar-refractivity contribution is -0.142. The summed E-state index contributed by atoms with van der Waals surface area (Å²) in [6, 6.07) is 23.7. The summed E-state index contributed by atoms with van der Waals surface area (Å²) in [6.45, 7) is 0.859. The number of carbonyl (C=O) groups excluding carboxylic acids is 2. The maximum absolute atomic E-state index is 13.5. The van der Waals surface area contributed by atoms with Gasteiger partial charge in [-0.3, -0.25) is 9.59 Å². The van der Waals surface area contributed by atoms with Crippen LogP contribution in [0.15, 0.2) is 84.9 Å². The van der Waals surface area contributed by atoms with Gasteiger partial charge in [0.1, 0.15) is 17.6 Å². The number of benzene rings is 3. The standard InChI is InChI=1S/C28H31FN2O4/c1-34-18-8-17-30-28(33)26(19-22-9-4-2-5-10-22)31(20-23-13-15-24(29)16-14-23)27(32)21-35-25-11-6-3-7-12-25/h2-7,9-16,26H,8,17-21H2,1H3,(H,30,33)/t26-/m0/s1. The molecule has 1 atom stereocenters. The lowest BCUT2D eigenvalue weighted by Gasteiger charge is -2.31. The van der Waals surface area contributed by atoms with E-state index in [1.54, 1.807) is 31.4 Å². The monoisotopic (exact) mass is 478 g/mol. The van der Waals surface area contributed by atoms with Gasteiger partial charge in [-0.1, -0.05) is 60.7 Å². The van der Waals surface area contributed by atoms with Crippen LogP contribution in [-0.2, 0) is 27.3 Å². The molecule has 3 aromatic rings. The second-order valence-corrected chi connectivity index (χ2v) is 8.09. The Kier molecular flexibility index (Phi) is 10.3. The summed E-state index contributed by atoms with van der Waals surface area (Å²) < 4.78 is 24.3. The van der Waals surface area contributed by atoms with Crippen molar-refractivity contribution in [2.24, 2.45) is 0 Å². The van der Waals surface area contributed by atoms with Crippen LogP contribution in [0.4, 0.5) is 4.39 Å². The van der Waals surface area contributed by atoms with E-state index in [0.717, 1.165) is 5.56 Å². The maximum Gasteiger partial charge on any atom is 0.261 e. The molecule has 2 amide bonds. The summed E-state index contributed by atoms with van der Waals surface area (Å²) >= 11 is 0. The van der Waals surface area contributed by atoms with E-state index >= 15 is 0 Å². The second-order valence-electron chi connectivity index (χ2n) is 8.09. The highest BCUT2D eigenvalue weighted by molar-refractivity contribution is 5.88. The quantitative estimate of drug-likeness (QED) is 0.377. The second kappa shape index (κ2) is 13.9. The van der Waals surface area contributed by atoms with Crippen molar-refractivity contribution in [3.8, 4) is 5.75 Å². The number of carbonyl (C=O) groups is 2. The highest BCUT2D eigenvalue weighted by Crippen LogP contribution is 2.16. The Morgan fingerprint density at radius 1 is 0.914 bits per heavy atom. The largest absolute Gasteiger partial charge is 0.484 e. The van der Waals surface area contributed by atoms with Crippen molar-refractivity contribution in [3.05, 3.63) is 102 Å². The van der Waals surface area contributed by atoms with Crippen molar-refractivity contribution in [2.75, 3.05) is 26.9 Å². The molecule has 1 N–H and O–H groups in total. The number of halogens is 1. The Labute approximate surface area is 205 Å². The van der Waals surface area contributed by atoms with Gasteiger partial charge in [-0.2, -0.15) is 0 Å². The third-order valence-electron chi connectivity index (χ3n) is 5.47. The molecule has 0 spiro atoms. The molecule has 7 heteroatoms. The summed E-state index contributed by atoms with van der Waals surface area (Å²) in [6.07, 6.45) is 0.985. The summed E-state index contributed by atoms with van der Waals surface area (Å²) in [5.74, 6) is -0.409. The molecule has 184 valence electrons. The van der Waals surface area contributed by atoms with Crippen LogP contribution in [0.5, 0.6) is 5.75 Å². The first-order valence-electron chi connectivity index (χ1n) is 11.6. The fraction of sp³-hybridized carbons (Fsp3) is 0.286. The SMILES string of the molecule is COCCCNC(=O)[C@H](Cc1ccccc1)N(Cc1ccc(F)cc1)C(=O)COc1ccccc1. The lowest BCUT2D eigenvalue weighted by Crippen LogP contribution is -2.51. The summed E-state index contributed by atoms with van der Waals surface area (Å²) in [5, 5.41) is 2.93. The van der Waals surface area contributed by atoms with Gasteiger partial charge in [0, 0.05) is 33.2 Å². The topological polar surface area (TPSA) is 67.9 Å². The lowest BCUT2D eigenvalue weighted by atomic mass is 10.0. The van der Waals surface area contributed by atoms with E-state index in [-0.39, 0.29) is 30.8 Å². The van der Waals surface area contributed by atoms with E-state index in [4.69, 9.17) is 9.47 Å². The molecule has 0 radical (unpaired) electrons. The zero-order valence-electron chi connectivity index (χ0n) is 19.9. The number of rotatable bonds is 13. The zero-order chi connectivity index (χ0) is 24.9. The number of hydrogen-bond donors (Lipinski definition) is 1. The first-order chi connectivity index (χ1) is 17.1. The fourth-order valence-corrected chi connectivity index (χ4v) is 3.63. The molecule has 0 aromatic heterocycles. The third-order valence-corrected chi connectivity index (χ3v) is 5.47. The molecule has 0 aliphatic rings. The van der Waals surface area contributed by atoms with E-state index < -0.39 is 6.04 Å². The molecular formula is C28H31FN2O4. The first-order valence-corrected chi connectivity index (χ1v) is 11.6. The van der Waals surface area contributed by atoms with Gasteiger partial charge in [0.25, 0.3) is 5.91 Å². The normalized spacial score (nSPS) is 11.5. The molecular weight excluding hydrogens is 447 g/mol. The third kappa shape index (κ3) is 8.54. The van der Waals surface area contributed by atoms with E-state index in [0.29, 0.717) is 37.3 Å². The Balaban J connectivity index is 1.85. The molecule has 0 aliphatic carbocycles. The number of hydrogen-bond acceptors (Lipinski definition) is 4. The molecule has 0 aliphatic heterocycles. The van der Waals surface area contributed by atoms with Crippen LogP contribution >= 0.6 is 0 Å². The molecule has 0 heterocycles. The van der Waals surface area contributed by atoms with E-state index in [1.165, 1.54) is 17.0 Å². The molecule has 0 saturated heterocycles. The molecule has 0 bridgehead atoms. The number of para-hydroxylation sites is 1. The Morgan fingerprint density at radius 2 is 1.57 bits per heavy atom. The van der Waals surface area contributed by atoms with Crippen LogP contribution in [-0.4, -0.2) is 49.6 Å². The average Bonchev–Trinajstić information content (AvgIpc) is 2.89. The fourth-order valence-electron chi connectivity index (χ4n) is 3.63. The number of amides is 2. The molecule has 0 saturated carbocycles. The van der Waals surface area contributed by atoms with Gasteiger partial charge in [-0.25, -0.2) is 4.39 Å². The van der Waals surface area contributed by atoms with E-state index in [1.807, 2.05) is 48.5 Å². The Bertz CT molecular complexity index is 1050. The summed E-state index contributed by atoms with van der Waals surface area (Å²) in [7, 11) is 1.61.